The minimum atomic E-state index is -1.78. The minimum Gasteiger partial charge on any atom is -1.00 e. The van der Waals surface area contributed by atoms with Crippen molar-refractivity contribution < 1.29 is 72.9 Å². The summed E-state index contributed by atoms with van der Waals surface area (Å²) >= 11 is 3.76. The summed E-state index contributed by atoms with van der Waals surface area (Å²) in [5, 5.41) is 0. The molecule has 11 heteroatoms. The molecule has 0 aromatic rings. The quantitative estimate of drug-likeness (QED) is 0.386. The van der Waals surface area contributed by atoms with Gasteiger partial charge in [0.1, 0.15) is 10.0 Å². The second kappa shape index (κ2) is 65.4. The summed E-state index contributed by atoms with van der Waals surface area (Å²) in [5.41, 5.74) is 0. The average Bonchev–Trinajstić information content (AvgIpc) is 0.811. The molecular weight excluding hydrogens is 215 g/mol. The molecule has 0 aliphatic rings. The van der Waals surface area contributed by atoms with Crippen LogP contribution in [0.1, 0.15) is 1.43 Å². The van der Waals surface area contributed by atoms with E-state index in [1.54, 1.807) is 0 Å². The normalized spacial score (nSPS) is 3.18. The molecule has 0 aliphatic heterocycles. The Hall–Kier alpha value is 1.25. The third-order valence-corrected chi connectivity index (χ3v) is 0. The molecule has 8 nitrogen and oxygen atoms in total. The van der Waals surface area contributed by atoms with Crippen LogP contribution < -0.4 is 29.6 Å². The van der Waals surface area contributed by atoms with Gasteiger partial charge in [0.05, 0.1) is 0 Å². The molecule has 0 saturated heterocycles. The topological polar surface area (TPSA) is 229 Å². The molecule has 0 rings (SSSR count). The molecular formula is H15NaO8S2. The second-order valence-corrected chi connectivity index (χ2v) is 1.59. The first-order valence-corrected chi connectivity index (χ1v) is 2.60. The van der Waals surface area contributed by atoms with Gasteiger partial charge in [0.2, 0.25) is 0 Å². The van der Waals surface area contributed by atoms with Gasteiger partial charge in [0.15, 0.2) is 0 Å². The maximum Gasteiger partial charge on any atom is 1.00 e. The van der Waals surface area contributed by atoms with Crippen molar-refractivity contribution in [2.75, 3.05) is 0 Å². The van der Waals surface area contributed by atoms with E-state index in [1.807, 2.05) is 0 Å². The van der Waals surface area contributed by atoms with E-state index >= 15 is 0 Å². The Kier molecular flexibility index (Phi) is 511. The van der Waals surface area contributed by atoms with Crippen molar-refractivity contribution in [1.29, 1.82) is 0 Å². The third kappa shape index (κ3) is 616. The van der Waals surface area contributed by atoms with Gasteiger partial charge in [0.25, 0.3) is 0 Å². The van der Waals surface area contributed by atoms with Gasteiger partial charge in [0, 0.05) is 11.2 Å². The van der Waals surface area contributed by atoms with Crippen molar-refractivity contribution in [1.82, 2.24) is 0 Å². The summed E-state index contributed by atoms with van der Waals surface area (Å²) in [6, 6.07) is 0. The molecule has 76 valence electrons. The zero-order valence-electron chi connectivity index (χ0n) is 6.71. The van der Waals surface area contributed by atoms with Crippen molar-refractivity contribution >= 4 is 21.2 Å². The standard InChI is InChI=1S/Na.H2O2S2.6H2O.H/c;1-4(2)3;;;;;;;/h;(H2,1,2,3);6*1H2;/q+1;;;;;;;;-1. The molecule has 0 aromatic heterocycles. The van der Waals surface area contributed by atoms with E-state index in [-0.39, 0.29) is 63.8 Å². The molecule has 0 aromatic carbocycles. The van der Waals surface area contributed by atoms with Gasteiger partial charge in [-0.2, -0.15) is 0 Å². The summed E-state index contributed by atoms with van der Waals surface area (Å²) in [7, 11) is -1.78. The van der Waals surface area contributed by atoms with Crippen LogP contribution in [-0.2, 0) is 21.2 Å². The molecule has 0 aliphatic carbocycles. The molecule has 0 spiro atoms. The maximum atomic E-state index is 7.45. The average molecular weight is 230 g/mol. The molecule has 14 N–H and O–H groups in total. The van der Waals surface area contributed by atoms with Gasteiger partial charge >= 0.3 is 29.6 Å². The fraction of sp³-hybridized carbons (Fsp3) is 0. The SMILES string of the molecule is O.O.O.O.O.O.OS(O)=S.[H-].[Na+]. The van der Waals surface area contributed by atoms with Gasteiger partial charge in [-0.1, -0.05) is 0 Å². The fourth-order valence-corrected chi connectivity index (χ4v) is 0. The Bertz CT molecular complexity index is 40.0. The van der Waals surface area contributed by atoms with E-state index in [0.29, 0.717) is 0 Å². The first-order valence-electron chi connectivity index (χ1n) is 0.532. The van der Waals surface area contributed by atoms with Gasteiger partial charge in [-0.25, -0.2) is 0 Å². The fourth-order valence-electron chi connectivity index (χ4n) is 0. The first-order chi connectivity index (χ1) is 1.73. The van der Waals surface area contributed by atoms with Crippen LogP contribution in [0.2, 0.25) is 0 Å². The molecule has 0 heterocycles. The number of hydrogen-bond acceptors (Lipinski definition) is 1. The van der Waals surface area contributed by atoms with Gasteiger partial charge in [-0.05, 0) is 0 Å². The van der Waals surface area contributed by atoms with Crippen LogP contribution in [0.3, 0.4) is 0 Å². The van der Waals surface area contributed by atoms with E-state index in [9.17, 15) is 0 Å². The van der Waals surface area contributed by atoms with E-state index in [4.69, 9.17) is 9.11 Å². The summed E-state index contributed by atoms with van der Waals surface area (Å²) in [4.78, 5) is 0. The van der Waals surface area contributed by atoms with Gasteiger partial charge < -0.3 is 43.4 Å². The van der Waals surface area contributed by atoms with E-state index in [0.717, 1.165) is 0 Å². The van der Waals surface area contributed by atoms with Crippen molar-refractivity contribution in [2.45, 2.75) is 0 Å². The van der Waals surface area contributed by atoms with Crippen LogP contribution in [0.25, 0.3) is 0 Å². The predicted molar refractivity (Wildman–Crippen MR) is 42.8 cm³/mol. The molecule has 0 amide bonds. The summed E-state index contributed by atoms with van der Waals surface area (Å²) in [6.45, 7) is 0. The zero-order chi connectivity index (χ0) is 3.58. The van der Waals surface area contributed by atoms with E-state index in [2.05, 4.69) is 11.2 Å². The van der Waals surface area contributed by atoms with Gasteiger partial charge in [-0.3, -0.25) is 0 Å². The number of hydrogen-bond donors (Lipinski definition) is 2. The Morgan fingerprint density at radius 3 is 0.818 bits per heavy atom. The smallest absolute Gasteiger partial charge is 1.00 e. The largest absolute Gasteiger partial charge is 1.00 e. The van der Waals surface area contributed by atoms with E-state index in [1.165, 1.54) is 0 Å². The molecule has 11 heavy (non-hydrogen) atoms. The minimum absolute atomic E-state index is 0. The Balaban J connectivity index is -0.00000000161. The monoisotopic (exact) mass is 230 g/mol. The third-order valence-electron chi connectivity index (χ3n) is 0. The summed E-state index contributed by atoms with van der Waals surface area (Å²) in [6.07, 6.45) is 0. The molecule has 0 unspecified atom stereocenters. The van der Waals surface area contributed by atoms with E-state index < -0.39 is 10.0 Å². The van der Waals surface area contributed by atoms with Crippen molar-refractivity contribution in [3.05, 3.63) is 0 Å². The Labute approximate surface area is 93.9 Å². The van der Waals surface area contributed by atoms with Crippen molar-refractivity contribution in [2.24, 2.45) is 0 Å². The van der Waals surface area contributed by atoms with Crippen LogP contribution in [0.15, 0.2) is 0 Å². The van der Waals surface area contributed by atoms with Crippen molar-refractivity contribution in [3.8, 4) is 0 Å². The molecule has 0 saturated carbocycles. The van der Waals surface area contributed by atoms with Crippen LogP contribution in [0, 0.1) is 0 Å². The second-order valence-electron chi connectivity index (χ2n) is 0.231. The Morgan fingerprint density at radius 2 is 0.818 bits per heavy atom. The number of rotatable bonds is 0. The summed E-state index contributed by atoms with van der Waals surface area (Å²) < 4.78 is 14.9. The first kappa shape index (κ1) is 85.8. The van der Waals surface area contributed by atoms with Crippen LogP contribution in [0.4, 0.5) is 0 Å². The maximum absolute atomic E-state index is 7.45. The Morgan fingerprint density at radius 1 is 0.818 bits per heavy atom. The van der Waals surface area contributed by atoms with Crippen LogP contribution >= 0.6 is 0 Å². The van der Waals surface area contributed by atoms with Crippen LogP contribution in [0.5, 0.6) is 0 Å². The molecule has 0 atom stereocenters. The predicted octanol–water partition coefficient (Wildman–Crippen LogP) is -7.82. The molecule has 0 fully saturated rings. The molecule has 0 radical (unpaired) electrons. The summed E-state index contributed by atoms with van der Waals surface area (Å²) in [5.74, 6) is 0. The zero-order valence-corrected chi connectivity index (χ0v) is 9.34. The van der Waals surface area contributed by atoms with Crippen molar-refractivity contribution in [3.63, 3.8) is 0 Å². The van der Waals surface area contributed by atoms with Gasteiger partial charge in [-0.15, -0.1) is 0 Å². The molecule has 0 bridgehead atoms. The van der Waals surface area contributed by atoms with Crippen LogP contribution in [-0.4, -0.2) is 42.0 Å².